The Morgan fingerprint density at radius 1 is 0.900 bits per heavy atom. The van der Waals surface area contributed by atoms with Gasteiger partial charge >= 0.3 is 0 Å². The molecule has 0 aliphatic carbocycles. The maximum absolute atomic E-state index is 13.1. The van der Waals surface area contributed by atoms with Crippen LogP contribution in [0.5, 0.6) is 0 Å². The maximum Gasteiger partial charge on any atom is 0.271 e. The van der Waals surface area contributed by atoms with E-state index >= 15 is 0 Å². The van der Waals surface area contributed by atoms with E-state index in [1.165, 1.54) is 28.6 Å². The minimum Gasteiger partial charge on any atom is -0.335 e. The van der Waals surface area contributed by atoms with E-state index < -0.39 is 15.8 Å². The van der Waals surface area contributed by atoms with Gasteiger partial charge in [0.15, 0.2) is 0 Å². The first kappa shape index (κ1) is 20.2. The molecule has 1 fully saturated rings. The van der Waals surface area contributed by atoms with Gasteiger partial charge in [0, 0.05) is 31.7 Å². The quantitative estimate of drug-likeness (QED) is 0.686. The van der Waals surface area contributed by atoms with Crippen LogP contribution in [0.3, 0.4) is 0 Å². The number of rotatable bonds is 4. The Hall–Kier alpha value is -3.11. The number of benzene rings is 2. The van der Waals surface area contributed by atoms with Crippen molar-refractivity contribution >= 4 is 15.9 Å². The molecule has 7 nitrogen and oxygen atoms in total. The van der Waals surface area contributed by atoms with Gasteiger partial charge in [0.25, 0.3) is 5.91 Å². The van der Waals surface area contributed by atoms with Crippen LogP contribution >= 0.6 is 0 Å². The zero-order valence-electron chi connectivity index (χ0n) is 15.8. The Balaban J connectivity index is 1.42. The second-order valence-electron chi connectivity index (χ2n) is 6.82. The summed E-state index contributed by atoms with van der Waals surface area (Å²) in [5.74, 6) is -1.17. The summed E-state index contributed by atoms with van der Waals surface area (Å²) in [6.45, 7) is 0.684. The molecule has 1 aromatic heterocycles. The number of nitrogens with one attached hydrogen (secondary N) is 1. The zero-order chi connectivity index (χ0) is 21.3. The fraction of sp³-hybridized carbons (Fsp3) is 0.200. The number of halogens is 2. The molecule has 0 bridgehead atoms. The SMILES string of the molecule is O=C(c1cc(-c2ccc(F)cc2)n[nH]1)N1CCN(S(=O)(=O)c2ccc(F)cc2)CC1. The second kappa shape index (κ2) is 7.96. The monoisotopic (exact) mass is 432 g/mol. The van der Waals surface area contributed by atoms with Gasteiger partial charge in [-0.1, -0.05) is 0 Å². The van der Waals surface area contributed by atoms with E-state index in [0.717, 1.165) is 12.1 Å². The van der Waals surface area contributed by atoms with Crippen LogP contribution in [0.25, 0.3) is 11.3 Å². The van der Waals surface area contributed by atoms with Crippen molar-refractivity contribution in [1.29, 1.82) is 0 Å². The Morgan fingerprint density at radius 3 is 2.07 bits per heavy atom. The lowest BCUT2D eigenvalue weighted by Gasteiger charge is -2.33. The van der Waals surface area contributed by atoms with Crippen LogP contribution < -0.4 is 0 Å². The molecule has 2 heterocycles. The third kappa shape index (κ3) is 3.96. The number of H-pyrrole nitrogens is 1. The lowest BCUT2D eigenvalue weighted by molar-refractivity contribution is 0.0692. The molecular formula is C20H18F2N4O3S. The topological polar surface area (TPSA) is 86.4 Å². The normalized spacial score (nSPS) is 15.3. The molecule has 10 heteroatoms. The van der Waals surface area contributed by atoms with Gasteiger partial charge in [0.2, 0.25) is 10.0 Å². The van der Waals surface area contributed by atoms with Gasteiger partial charge in [0.1, 0.15) is 17.3 Å². The minimum absolute atomic E-state index is 0.0150. The van der Waals surface area contributed by atoms with Gasteiger partial charge < -0.3 is 4.90 Å². The molecule has 3 aromatic rings. The number of aromatic nitrogens is 2. The van der Waals surface area contributed by atoms with Gasteiger partial charge in [-0.3, -0.25) is 9.89 Å². The molecule has 2 aromatic carbocycles. The van der Waals surface area contributed by atoms with Crippen molar-refractivity contribution in [2.45, 2.75) is 4.90 Å². The summed E-state index contributed by atoms with van der Waals surface area (Å²) in [6.07, 6.45) is 0. The summed E-state index contributed by atoms with van der Waals surface area (Å²) in [4.78, 5) is 14.3. The van der Waals surface area contributed by atoms with E-state index in [9.17, 15) is 22.0 Å². The number of piperazine rings is 1. The molecule has 156 valence electrons. The van der Waals surface area contributed by atoms with E-state index in [1.807, 2.05) is 0 Å². The van der Waals surface area contributed by atoms with E-state index in [2.05, 4.69) is 10.2 Å². The Bertz CT molecular complexity index is 1150. The average Bonchev–Trinajstić information content (AvgIpc) is 3.24. The molecule has 1 aliphatic heterocycles. The highest BCUT2D eigenvalue weighted by Gasteiger charge is 2.31. The van der Waals surface area contributed by atoms with Gasteiger partial charge in [0.05, 0.1) is 10.6 Å². The summed E-state index contributed by atoms with van der Waals surface area (Å²) >= 11 is 0. The van der Waals surface area contributed by atoms with Crippen molar-refractivity contribution in [2.75, 3.05) is 26.2 Å². The molecule has 0 atom stereocenters. The number of sulfonamides is 1. The van der Waals surface area contributed by atoms with E-state index in [-0.39, 0.29) is 48.5 Å². The van der Waals surface area contributed by atoms with Crippen LogP contribution in [0.2, 0.25) is 0 Å². The highest BCUT2D eigenvalue weighted by Crippen LogP contribution is 2.21. The smallest absolute Gasteiger partial charge is 0.271 e. The van der Waals surface area contributed by atoms with Gasteiger partial charge in [-0.15, -0.1) is 0 Å². The van der Waals surface area contributed by atoms with Crippen LogP contribution in [0.4, 0.5) is 8.78 Å². The molecule has 1 saturated heterocycles. The maximum atomic E-state index is 13.1. The number of carbonyl (C=O) groups excluding carboxylic acids is 1. The molecule has 1 N–H and O–H groups in total. The fourth-order valence-electron chi connectivity index (χ4n) is 3.26. The Labute approximate surface area is 172 Å². The molecule has 0 radical (unpaired) electrons. The Morgan fingerprint density at radius 2 is 1.47 bits per heavy atom. The van der Waals surface area contributed by atoms with Crippen LogP contribution in [0.15, 0.2) is 59.5 Å². The van der Waals surface area contributed by atoms with E-state index in [4.69, 9.17) is 0 Å². The van der Waals surface area contributed by atoms with Crippen LogP contribution in [0, 0.1) is 11.6 Å². The summed E-state index contributed by atoms with van der Waals surface area (Å²) in [5, 5.41) is 6.79. The number of hydrogen-bond acceptors (Lipinski definition) is 4. The Kier molecular flexibility index (Phi) is 5.35. The van der Waals surface area contributed by atoms with E-state index in [0.29, 0.717) is 11.3 Å². The summed E-state index contributed by atoms with van der Waals surface area (Å²) < 4.78 is 52.8. The van der Waals surface area contributed by atoms with Crippen molar-refractivity contribution < 1.29 is 22.0 Å². The lowest BCUT2D eigenvalue weighted by Crippen LogP contribution is -2.50. The van der Waals surface area contributed by atoms with Crippen LogP contribution in [-0.4, -0.2) is 59.9 Å². The predicted octanol–water partition coefficient (Wildman–Crippen LogP) is 2.50. The number of aromatic amines is 1. The number of carbonyl (C=O) groups is 1. The molecule has 0 spiro atoms. The molecule has 1 amide bonds. The van der Waals surface area contributed by atoms with Gasteiger partial charge in [-0.05, 0) is 54.6 Å². The molecule has 1 aliphatic rings. The fourth-order valence-corrected chi connectivity index (χ4v) is 4.68. The van der Waals surface area contributed by atoms with E-state index in [1.54, 1.807) is 23.1 Å². The highest BCUT2D eigenvalue weighted by atomic mass is 32.2. The molecule has 0 unspecified atom stereocenters. The molecule has 4 rings (SSSR count). The van der Waals surface area contributed by atoms with Gasteiger partial charge in [-0.2, -0.15) is 9.40 Å². The van der Waals surface area contributed by atoms with Crippen molar-refractivity contribution in [3.8, 4) is 11.3 Å². The second-order valence-corrected chi connectivity index (χ2v) is 8.76. The molecule has 0 saturated carbocycles. The van der Waals surface area contributed by atoms with Crippen molar-refractivity contribution in [1.82, 2.24) is 19.4 Å². The standard InChI is InChI=1S/C20H18F2N4O3S/c21-15-3-1-14(2-4-15)18-13-19(24-23-18)20(27)25-9-11-26(12-10-25)30(28,29)17-7-5-16(22)6-8-17/h1-8,13H,9-12H2,(H,23,24). The zero-order valence-corrected chi connectivity index (χ0v) is 16.6. The van der Waals surface area contributed by atoms with Crippen molar-refractivity contribution in [2.24, 2.45) is 0 Å². The lowest BCUT2D eigenvalue weighted by atomic mass is 10.1. The minimum atomic E-state index is -3.75. The average molecular weight is 432 g/mol. The number of hydrogen-bond donors (Lipinski definition) is 1. The third-order valence-electron chi connectivity index (χ3n) is 4.93. The largest absolute Gasteiger partial charge is 0.335 e. The summed E-state index contributed by atoms with van der Waals surface area (Å²) in [5.41, 5.74) is 1.45. The highest BCUT2D eigenvalue weighted by molar-refractivity contribution is 7.89. The van der Waals surface area contributed by atoms with Gasteiger partial charge in [-0.25, -0.2) is 17.2 Å². The van der Waals surface area contributed by atoms with Crippen molar-refractivity contribution in [3.63, 3.8) is 0 Å². The molecular weight excluding hydrogens is 414 g/mol. The summed E-state index contributed by atoms with van der Waals surface area (Å²) in [6, 6.07) is 12.0. The molecule has 30 heavy (non-hydrogen) atoms. The predicted molar refractivity (Wildman–Crippen MR) is 105 cm³/mol. The third-order valence-corrected chi connectivity index (χ3v) is 6.84. The van der Waals surface area contributed by atoms with Crippen LogP contribution in [-0.2, 0) is 10.0 Å². The number of amides is 1. The van der Waals surface area contributed by atoms with Crippen molar-refractivity contribution in [3.05, 3.63) is 71.9 Å². The first-order valence-corrected chi connectivity index (χ1v) is 10.6. The first-order chi connectivity index (χ1) is 14.3. The van der Waals surface area contributed by atoms with Crippen LogP contribution in [0.1, 0.15) is 10.5 Å². The summed E-state index contributed by atoms with van der Waals surface area (Å²) in [7, 11) is -3.75. The first-order valence-electron chi connectivity index (χ1n) is 9.21. The number of nitrogens with zero attached hydrogens (tertiary/aromatic N) is 3.